The molecule has 0 aromatic carbocycles. The van der Waals surface area contributed by atoms with E-state index in [9.17, 15) is 96.4 Å². The molecule has 37 atom stereocenters. The van der Waals surface area contributed by atoms with Crippen LogP contribution in [-0.2, 0) is 71.2 Å². The lowest BCUT2D eigenvalue weighted by Crippen LogP contribution is -2.69. The standard InChI is InChI=1S/C64H100O33/c1-23-44(91-51-40(75)33(68)27(67)22-85-51)39(74)43(78)52(86-23)95-49-48(94-53-41(76)35(70)29(21-66)89-53)45(96-58(82)83)24(2)87-56(49)97-57(81)64-17-15-59(3,4)19-26(64)25-9-10-30-60(5)13-12-32(63(8,84)31(60)11-14-62(30,7)61(25,6)16-18-64)90-55-47(38(73)37(72)46(92-55)50(79)80)93-54-42(77)36(71)34(69)28(20-65)88-54/h9,23-24,26-49,51-56,65-78,84H,10-22H2,1-8H3,(H,79,80)(H,82,83). The van der Waals surface area contributed by atoms with Gasteiger partial charge in [-0.2, -0.15) is 0 Å². The van der Waals surface area contributed by atoms with Gasteiger partial charge in [0.05, 0.1) is 49.1 Å². The minimum absolute atomic E-state index is 0.101. The normalized spacial score (nSPS) is 53.7. The molecule has 37 unspecified atom stereocenters. The Kier molecular flexibility index (Phi) is 21.5. The summed E-state index contributed by atoms with van der Waals surface area (Å²) in [6, 6.07) is 0. The number of fused-ring (bicyclic) bond motifs is 7. The van der Waals surface area contributed by atoms with Crippen LogP contribution >= 0.6 is 0 Å². The average molecular weight is 1400 g/mol. The zero-order valence-corrected chi connectivity index (χ0v) is 55.4. The van der Waals surface area contributed by atoms with Crippen molar-refractivity contribution in [1.82, 2.24) is 0 Å². The van der Waals surface area contributed by atoms with Gasteiger partial charge in [-0.05, 0) is 124 Å². The highest BCUT2D eigenvalue weighted by atomic mass is 16.8. The molecule has 10 fully saturated rings. The molecular weight excluding hydrogens is 1300 g/mol. The number of ether oxygens (including phenoxy) is 13. The number of esters is 1. The van der Waals surface area contributed by atoms with E-state index in [1.165, 1.54) is 13.8 Å². The first-order valence-electron chi connectivity index (χ1n) is 33.7. The molecule has 6 heterocycles. The van der Waals surface area contributed by atoms with Crippen molar-refractivity contribution in [3.05, 3.63) is 11.6 Å². The zero-order chi connectivity index (χ0) is 70.9. The Labute approximate surface area is 558 Å². The van der Waals surface area contributed by atoms with Gasteiger partial charge < -0.3 is 148 Å². The van der Waals surface area contributed by atoms with Crippen molar-refractivity contribution < 1.29 is 163 Å². The molecule has 0 amide bonds. The molecule has 97 heavy (non-hydrogen) atoms. The highest BCUT2D eigenvalue weighted by Gasteiger charge is 2.71. The lowest BCUT2D eigenvalue weighted by Gasteiger charge is -2.71. The minimum atomic E-state index is -2.11. The van der Waals surface area contributed by atoms with Crippen LogP contribution in [0.2, 0.25) is 0 Å². The summed E-state index contributed by atoms with van der Waals surface area (Å²) in [6.45, 7) is 13.2. The van der Waals surface area contributed by atoms with Crippen molar-refractivity contribution in [2.75, 3.05) is 19.8 Å². The monoisotopic (exact) mass is 1400 g/mol. The lowest BCUT2D eigenvalue weighted by molar-refractivity contribution is -0.382. The van der Waals surface area contributed by atoms with E-state index in [1.54, 1.807) is 6.92 Å². The number of aliphatic carboxylic acids is 1. The maximum absolute atomic E-state index is 16.0. The fraction of sp³-hybridized carbons (Fsp3) is 0.922. The van der Waals surface area contributed by atoms with Gasteiger partial charge in [-0.1, -0.05) is 46.3 Å². The lowest BCUT2D eigenvalue weighted by atomic mass is 9.34. The minimum Gasteiger partial charge on any atom is -0.479 e. The van der Waals surface area contributed by atoms with Crippen molar-refractivity contribution >= 4 is 18.1 Å². The van der Waals surface area contributed by atoms with E-state index < -0.39 is 255 Å². The van der Waals surface area contributed by atoms with E-state index in [-0.39, 0.29) is 24.2 Å². The quantitative estimate of drug-likeness (QED) is 0.0404. The van der Waals surface area contributed by atoms with Gasteiger partial charge in [0.15, 0.2) is 49.8 Å². The molecule has 11 rings (SSSR count). The fourth-order valence-corrected chi connectivity index (χ4v) is 18.8. The van der Waals surface area contributed by atoms with Crippen molar-refractivity contribution in [3.63, 3.8) is 0 Å². The number of carboxylic acid groups (broad SMARTS) is 2. The second-order valence-corrected chi connectivity index (χ2v) is 30.7. The highest BCUT2D eigenvalue weighted by molar-refractivity contribution is 5.79. The van der Waals surface area contributed by atoms with Crippen LogP contribution in [0.5, 0.6) is 0 Å². The summed E-state index contributed by atoms with van der Waals surface area (Å²) in [5.74, 6) is -3.43. The van der Waals surface area contributed by atoms with Crippen LogP contribution in [-0.4, -0.2) is 308 Å². The van der Waals surface area contributed by atoms with Gasteiger partial charge in [-0.3, -0.25) is 4.79 Å². The Bertz CT molecular complexity index is 2830. The summed E-state index contributed by atoms with van der Waals surface area (Å²) in [5, 5.41) is 184. The maximum atomic E-state index is 16.0. The number of hydrogen-bond acceptors (Lipinski definition) is 31. The number of aliphatic hydroxyl groups excluding tert-OH is 14. The van der Waals surface area contributed by atoms with E-state index in [0.29, 0.717) is 51.4 Å². The molecule has 4 saturated carbocycles. The van der Waals surface area contributed by atoms with Crippen molar-refractivity contribution in [2.45, 2.75) is 303 Å². The Hall–Kier alpha value is -3.09. The van der Waals surface area contributed by atoms with Crippen LogP contribution in [0.25, 0.3) is 0 Å². The van der Waals surface area contributed by atoms with Crippen molar-refractivity contribution in [2.24, 2.45) is 44.8 Å². The van der Waals surface area contributed by atoms with Crippen LogP contribution in [0.4, 0.5) is 4.79 Å². The summed E-state index contributed by atoms with van der Waals surface area (Å²) in [4.78, 5) is 40.9. The number of hydrogen-bond donors (Lipinski definition) is 17. The van der Waals surface area contributed by atoms with Gasteiger partial charge in [0, 0.05) is 0 Å². The van der Waals surface area contributed by atoms with E-state index in [0.717, 1.165) is 5.57 Å². The van der Waals surface area contributed by atoms with Gasteiger partial charge in [-0.15, -0.1) is 0 Å². The van der Waals surface area contributed by atoms with E-state index in [1.807, 2.05) is 0 Å². The third kappa shape index (κ3) is 13.0. The average Bonchev–Trinajstić information content (AvgIpc) is 0.826. The molecule has 554 valence electrons. The summed E-state index contributed by atoms with van der Waals surface area (Å²) in [5.41, 5.74) is -3.90. The van der Waals surface area contributed by atoms with Crippen LogP contribution in [0.3, 0.4) is 0 Å². The third-order valence-corrected chi connectivity index (χ3v) is 24.6. The number of allylic oxidation sites excluding steroid dienone is 2. The third-order valence-electron chi connectivity index (χ3n) is 24.6. The van der Waals surface area contributed by atoms with Crippen LogP contribution in [0, 0.1) is 44.8 Å². The molecule has 33 nitrogen and oxygen atoms in total. The molecule has 17 N–H and O–H groups in total. The van der Waals surface area contributed by atoms with Crippen LogP contribution in [0.15, 0.2) is 11.6 Å². The predicted octanol–water partition coefficient (Wildman–Crippen LogP) is -3.53. The van der Waals surface area contributed by atoms with E-state index in [4.69, 9.17) is 61.6 Å². The summed E-state index contributed by atoms with van der Waals surface area (Å²) < 4.78 is 77.9. The molecule has 6 saturated heterocycles. The second-order valence-electron chi connectivity index (χ2n) is 30.7. The highest BCUT2D eigenvalue weighted by Crippen LogP contribution is 2.75. The van der Waals surface area contributed by atoms with Gasteiger partial charge in [0.1, 0.15) is 104 Å². The van der Waals surface area contributed by atoms with Gasteiger partial charge in [0.25, 0.3) is 0 Å². The predicted molar refractivity (Wildman–Crippen MR) is 318 cm³/mol. The largest absolute Gasteiger partial charge is 0.506 e. The first-order valence-corrected chi connectivity index (χ1v) is 33.7. The van der Waals surface area contributed by atoms with Gasteiger partial charge in [-0.25, -0.2) is 9.59 Å². The van der Waals surface area contributed by atoms with Gasteiger partial charge in [0.2, 0.25) is 6.29 Å². The summed E-state index contributed by atoms with van der Waals surface area (Å²) in [7, 11) is 0. The number of carbonyl (C=O) groups excluding carboxylic acids is 1. The van der Waals surface area contributed by atoms with Crippen molar-refractivity contribution in [3.8, 4) is 0 Å². The van der Waals surface area contributed by atoms with E-state index >= 15 is 4.79 Å². The number of aliphatic hydroxyl groups is 15. The molecule has 0 aromatic rings. The molecule has 11 aliphatic rings. The SMILES string of the molecule is CC1OC(OC2C(OC(=O)C34CCC(C)(C)CC3C3=CCC5C6(C)CCC(OC7OC(C(=O)O)C(O)C(O)C7OC7OC(CO)C(O)C(O)C7O)C(C)(O)C6CCC5(C)C3(C)CC4)OC(C)C(OC(=O)O)C2OC2OC(CO)C(O)C2O)C(O)C(O)C1OC1OCC(O)C(O)C1O. The number of rotatable bonds is 16. The van der Waals surface area contributed by atoms with E-state index in [2.05, 4.69) is 40.7 Å². The molecule has 33 heteroatoms. The van der Waals surface area contributed by atoms with Crippen LogP contribution < -0.4 is 0 Å². The molecule has 0 radical (unpaired) electrons. The molecule has 0 aromatic heterocycles. The summed E-state index contributed by atoms with van der Waals surface area (Å²) >= 11 is 0. The molecule has 6 aliphatic heterocycles. The smallest absolute Gasteiger partial charge is 0.479 e. The molecule has 0 bridgehead atoms. The molecular formula is C64H100O33. The Morgan fingerprint density at radius 2 is 1.06 bits per heavy atom. The topological polar surface area (TPSA) is 515 Å². The fourth-order valence-electron chi connectivity index (χ4n) is 18.8. The van der Waals surface area contributed by atoms with Gasteiger partial charge >= 0.3 is 18.1 Å². The van der Waals surface area contributed by atoms with Crippen molar-refractivity contribution in [1.29, 1.82) is 0 Å². The number of carbonyl (C=O) groups is 3. The molecule has 5 aliphatic carbocycles. The first kappa shape index (κ1) is 75.1. The zero-order valence-electron chi connectivity index (χ0n) is 55.4. The number of carboxylic acids is 1. The Balaban J connectivity index is 0.870. The first-order chi connectivity index (χ1) is 45.4. The maximum Gasteiger partial charge on any atom is 0.506 e. The van der Waals surface area contributed by atoms with Crippen LogP contribution in [0.1, 0.15) is 120 Å². The second kappa shape index (κ2) is 27.8. The summed E-state index contributed by atoms with van der Waals surface area (Å²) in [6.07, 6.45) is -46.0. The Morgan fingerprint density at radius 1 is 0.515 bits per heavy atom. The Morgan fingerprint density at radius 3 is 1.70 bits per heavy atom. The molecule has 0 spiro atoms.